The van der Waals surface area contributed by atoms with Crippen LogP contribution in [0.15, 0.2) is 24.5 Å². The summed E-state index contributed by atoms with van der Waals surface area (Å²) in [4.78, 5) is 7.67. The van der Waals surface area contributed by atoms with E-state index in [1.165, 1.54) is 12.4 Å². The van der Waals surface area contributed by atoms with Gasteiger partial charge in [-0.15, -0.1) is 0 Å². The number of halogens is 5. The van der Waals surface area contributed by atoms with Gasteiger partial charge in [0.15, 0.2) is 0 Å². The van der Waals surface area contributed by atoms with E-state index in [1.54, 1.807) is 18.5 Å². The molecule has 0 bridgehead atoms. The first kappa shape index (κ1) is 17.0. The number of rotatable bonds is 2. The molecule has 0 aliphatic heterocycles. The molecule has 0 aliphatic carbocycles. The van der Waals surface area contributed by atoms with Crippen LogP contribution >= 0.6 is 23.2 Å². The molecule has 0 atom stereocenters. The molecule has 0 aromatic carbocycles. The van der Waals surface area contributed by atoms with Gasteiger partial charge in [0.1, 0.15) is 11.3 Å². The predicted octanol–water partition coefficient (Wildman–Crippen LogP) is 5.19. The SMILES string of the molecule is Cc1cc(C(F)(F)F)nc2c1cc(Cc1c(Cl)cncc1Cl)n2C. The van der Waals surface area contributed by atoms with Crippen LogP contribution in [-0.4, -0.2) is 14.5 Å². The lowest BCUT2D eigenvalue weighted by atomic mass is 10.1. The van der Waals surface area contributed by atoms with Gasteiger partial charge in [0, 0.05) is 36.9 Å². The Morgan fingerprint density at radius 2 is 1.75 bits per heavy atom. The molecule has 0 saturated heterocycles. The molecule has 0 radical (unpaired) electrons. The Kier molecular flexibility index (Phi) is 4.21. The molecule has 3 heterocycles. The average Bonchev–Trinajstić information content (AvgIpc) is 2.80. The lowest BCUT2D eigenvalue weighted by Gasteiger charge is -2.09. The minimum Gasteiger partial charge on any atom is -0.332 e. The van der Waals surface area contributed by atoms with E-state index in [-0.39, 0.29) is 5.65 Å². The van der Waals surface area contributed by atoms with Gasteiger partial charge in [0.25, 0.3) is 0 Å². The van der Waals surface area contributed by atoms with Crippen molar-refractivity contribution in [3.8, 4) is 0 Å². The quantitative estimate of drug-likeness (QED) is 0.618. The van der Waals surface area contributed by atoms with Gasteiger partial charge in [-0.05, 0) is 30.2 Å². The number of aryl methyl sites for hydroxylation is 2. The first-order valence-corrected chi connectivity index (χ1v) is 7.75. The van der Waals surface area contributed by atoms with Gasteiger partial charge in [0.05, 0.1) is 10.0 Å². The zero-order valence-electron chi connectivity index (χ0n) is 12.7. The van der Waals surface area contributed by atoms with Gasteiger partial charge in [-0.2, -0.15) is 13.2 Å². The lowest BCUT2D eigenvalue weighted by Crippen LogP contribution is -2.09. The summed E-state index contributed by atoms with van der Waals surface area (Å²) in [6, 6.07) is 2.86. The molecule has 0 spiro atoms. The molecule has 0 fully saturated rings. The third kappa shape index (κ3) is 2.96. The van der Waals surface area contributed by atoms with Crippen molar-refractivity contribution in [2.45, 2.75) is 19.5 Å². The summed E-state index contributed by atoms with van der Waals surface area (Å²) in [6.45, 7) is 1.63. The molecule has 3 nitrogen and oxygen atoms in total. The fraction of sp³-hybridized carbons (Fsp3) is 0.250. The van der Waals surface area contributed by atoms with Crippen LogP contribution in [0, 0.1) is 6.92 Å². The minimum atomic E-state index is -4.49. The Bertz CT molecular complexity index is 912. The van der Waals surface area contributed by atoms with E-state index in [1.807, 2.05) is 6.07 Å². The Morgan fingerprint density at radius 1 is 1.12 bits per heavy atom. The van der Waals surface area contributed by atoms with Crippen molar-refractivity contribution in [1.29, 1.82) is 0 Å². The van der Waals surface area contributed by atoms with Crippen LogP contribution in [0.25, 0.3) is 11.0 Å². The van der Waals surface area contributed by atoms with Gasteiger partial charge < -0.3 is 4.57 Å². The fourth-order valence-electron chi connectivity index (χ4n) is 2.60. The molecule has 0 unspecified atom stereocenters. The molecular weight excluding hydrogens is 362 g/mol. The highest BCUT2D eigenvalue weighted by molar-refractivity contribution is 6.35. The predicted molar refractivity (Wildman–Crippen MR) is 87.5 cm³/mol. The fourth-order valence-corrected chi connectivity index (χ4v) is 3.10. The van der Waals surface area contributed by atoms with Gasteiger partial charge in [-0.1, -0.05) is 23.2 Å². The van der Waals surface area contributed by atoms with Gasteiger partial charge in [0.2, 0.25) is 0 Å². The topological polar surface area (TPSA) is 30.7 Å². The standard InChI is InChI=1S/C16H12Cl2F3N3/c1-8-3-14(16(19,20)21)23-15-10(8)4-9(24(15)2)5-11-12(17)6-22-7-13(11)18/h3-4,6-7H,5H2,1-2H3. The summed E-state index contributed by atoms with van der Waals surface area (Å²) in [6.07, 6.45) is -1.15. The Labute approximate surface area is 146 Å². The number of aromatic nitrogens is 3. The summed E-state index contributed by atoms with van der Waals surface area (Å²) >= 11 is 12.3. The molecule has 0 saturated carbocycles. The first-order chi connectivity index (χ1) is 11.2. The summed E-state index contributed by atoms with van der Waals surface area (Å²) in [5.41, 5.74) is 1.32. The van der Waals surface area contributed by atoms with E-state index in [2.05, 4.69) is 9.97 Å². The van der Waals surface area contributed by atoms with E-state index < -0.39 is 11.9 Å². The molecule has 3 aromatic heterocycles. The first-order valence-electron chi connectivity index (χ1n) is 6.99. The molecule has 0 aliphatic rings. The maximum absolute atomic E-state index is 13.0. The summed E-state index contributed by atoms with van der Waals surface area (Å²) in [5.74, 6) is 0. The highest BCUT2D eigenvalue weighted by Gasteiger charge is 2.33. The summed E-state index contributed by atoms with van der Waals surface area (Å²) < 4.78 is 40.5. The highest BCUT2D eigenvalue weighted by atomic mass is 35.5. The number of fused-ring (bicyclic) bond motifs is 1. The van der Waals surface area contributed by atoms with Crippen LogP contribution in [-0.2, 0) is 19.6 Å². The number of hydrogen-bond acceptors (Lipinski definition) is 2. The Hall–Kier alpha value is -1.79. The monoisotopic (exact) mass is 373 g/mol. The van der Waals surface area contributed by atoms with E-state index in [0.29, 0.717) is 33.0 Å². The number of pyridine rings is 2. The van der Waals surface area contributed by atoms with Crippen molar-refractivity contribution in [2.24, 2.45) is 7.05 Å². The third-order valence-electron chi connectivity index (χ3n) is 3.91. The van der Waals surface area contributed by atoms with Crippen molar-refractivity contribution in [3.63, 3.8) is 0 Å². The third-order valence-corrected chi connectivity index (χ3v) is 4.56. The van der Waals surface area contributed by atoms with Crippen molar-refractivity contribution in [1.82, 2.24) is 14.5 Å². The largest absolute Gasteiger partial charge is 0.433 e. The van der Waals surface area contributed by atoms with E-state index in [0.717, 1.165) is 11.8 Å². The molecular formula is C16H12Cl2F3N3. The second kappa shape index (κ2) is 5.93. The maximum atomic E-state index is 13.0. The number of nitrogens with zero attached hydrogens (tertiary/aromatic N) is 3. The zero-order chi connectivity index (χ0) is 17.6. The number of alkyl halides is 3. The van der Waals surface area contributed by atoms with Crippen LogP contribution in [0.3, 0.4) is 0 Å². The van der Waals surface area contributed by atoms with E-state index >= 15 is 0 Å². The molecule has 3 rings (SSSR count). The van der Waals surface area contributed by atoms with Crippen LogP contribution in [0.4, 0.5) is 13.2 Å². The molecule has 0 N–H and O–H groups in total. The summed E-state index contributed by atoms with van der Waals surface area (Å²) in [7, 11) is 1.67. The Morgan fingerprint density at radius 3 is 2.33 bits per heavy atom. The smallest absolute Gasteiger partial charge is 0.332 e. The van der Waals surface area contributed by atoms with Gasteiger partial charge in [-0.3, -0.25) is 4.98 Å². The number of hydrogen-bond donors (Lipinski definition) is 0. The van der Waals surface area contributed by atoms with Crippen LogP contribution in [0.5, 0.6) is 0 Å². The molecule has 126 valence electrons. The second-order valence-corrected chi connectivity index (χ2v) is 6.33. The summed E-state index contributed by atoms with van der Waals surface area (Å²) in [5, 5.41) is 1.49. The van der Waals surface area contributed by atoms with Crippen LogP contribution < -0.4 is 0 Å². The van der Waals surface area contributed by atoms with Gasteiger partial charge >= 0.3 is 6.18 Å². The lowest BCUT2D eigenvalue weighted by molar-refractivity contribution is -0.141. The minimum absolute atomic E-state index is 0.277. The van der Waals surface area contributed by atoms with Crippen molar-refractivity contribution < 1.29 is 13.2 Å². The molecule has 3 aromatic rings. The van der Waals surface area contributed by atoms with Crippen molar-refractivity contribution in [2.75, 3.05) is 0 Å². The molecule has 8 heteroatoms. The van der Waals surface area contributed by atoms with Crippen molar-refractivity contribution >= 4 is 34.2 Å². The normalized spacial score (nSPS) is 12.1. The highest BCUT2D eigenvalue weighted by Crippen LogP contribution is 2.33. The molecule has 0 amide bonds. The maximum Gasteiger partial charge on any atom is 0.433 e. The zero-order valence-corrected chi connectivity index (χ0v) is 14.3. The molecule has 24 heavy (non-hydrogen) atoms. The van der Waals surface area contributed by atoms with E-state index in [4.69, 9.17) is 23.2 Å². The van der Waals surface area contributed by atoms with E-state index in [9.17, 15) is 13.2 Å². The Balaban J connectivity index is 2.14. The van der Waals surface area contributed by atoms with Crippen molar-refractivity contribution in [3.05, 3.63) is 57.1 Å². The van der Waals surface area contributed by atoms with Crippen LogP contribution in [0.1, 0.15) is 22.5 Å². The van der Waals surface area contributed by atoms with Gasteiger partial charge in [-0.25, -0.2) is 4.98 Å². The van der Waals surface area contributed by atoms with Crippen LogP contribution in [0.2, 0.25) is 10.0 Å². The second-order valence-electron chi connectivity index (χ2n) is 5.51. The average molecular weight is 374 g/mol.